The average molecular weight is 491 g/mol. The van der Waals surface area contributed by atoms with Crippen LogP contribution in [0.2, 0.25) is 0 Å². The number of aromatic carboxylic acids is 1. The predicted molar refractivity (Wildman–Crippen MR) is 152 cm³/mol. The standard InChI is InChI=1S/C34H34O3/c1-33(2)17-18-34(3,4)30-20-24(13-16-29(30)33)28-19-23(11-14-26(28)22-9-7-6-8-10-22)27-15-12-25(32(35)36)21-31(27)37-5/h6-16,19-21H,17-18H2,1-5H3,(H,35,36). The first-order chi connectivity index (χ1) is 17.6. The van der Waals surface area contributed by atoms with Crippen LogP contribution in [0.5, 0.6) is 5.75 Å². The fourth-order valence-corrected chi connectivity index (χ4v) is 5.64. The quantitative estimate of drug-likeness (QED) is 0.304. The fourth-order valence-electron chi connectivity index (χ4n) is 5.64. The third-order valence-corrected chi connectivity index (χ3v) is 8.03. The lowest BCUT2D eigenvalue weighted by Gasteiger charge is -2.42. The number of benzene rings is 4. The Morgan fingerprint density at radius 3 is 1.97 bits per heavy atom. The summed E-state index contributed by atoms with van der Waals surface area (Å²) in [6.45, 7) is 9.41. The maximum absolute atomic E-state index is 11.5. The first-order valence-electron chi connectivity index (χ1n) is 12.9. The third kappa shape index (κ3) is 4.55. The number of fused-ring (bicyclic) bond motifs is 1. The molecule has 4 aromatic rings. The number of carboxylic acids is 1. The topological polar surface area (TPSA) is 46.5 Å². The van der Waals surface area contributed by atoms with Gasteiger partial charge in [0.25, 0.3) is 0 Å². The van der Waals surface area contributed by atoms with Gasteiger partial charge in [0.15, 0.2) is 0 Å². The van der Waals surface area contributed by atoms with Crippen LogP contribution in [0.25, 0.3) is 33.4 Å². The van der Waals surface area contributed by atoms with Crippen LogP contribution >= 0.6 is 0 Å². The van der Waals surface area contributed by atoms with Crippen molar-refractivity contribution in [3.05, 3.63) is 102 Å². The Bertz CT molecular complexity index is 1480. The molecule has 0 fully saturated rings. The van der Waals surface area contributed by atoms with Gasteiger partial charge in [-0.25, -0.2) is 4.79 Å². The summed E-state index contributed by atoms with van der Waals surface area (Å²) in [5, 5.41) is 9.44. The molecule has 0 unspecified atom stereocenters. The molecular formula is C34H34O3. The second-order valence-electron chi connectivity index (χ2n) is 11.4. The van der Waals surface area contributed by atoms with E-state index in [9.17, 15) is 9.90 Å². The summed E-state index contributed by atoms with van der Waals surface area (Å²) in [7, 11) is 1.58. The van der Waals surface area contributed by atoms with Gasteiger partial charge < -0.3 is 9.84 Å². The Hall–Kier alpha value is -3.85. The minimum absolute atomic E-state index is 0.112. The zero-order chi connectivity index (χ0) is 26.4. The number of hydrogen-bond donors (Lipinski definition) is 1. The lowest BCUT2D eigenvalue weighted by atomic mass is 9.63. The van der Waals surface area contributed by atoms with Gasteiger partial charge in [0, 0.05) is 5.56 Å². The van der Waals surface area contributed by atoms with Crippen molar-refractivity contribution in [2.75, 3.05) is 7.11 Å². The molecule has 37 heavy (non-hydrogen) atoms. The molecule has 0 spiro atoms. The molecule has 0 bridgehead atoms. The van der Waals surface area contributed by atoms with E-state index in [1.165, 1.54) is 28.7 Å². The van der Waals surface area contributed by atoms with Crippen molar-refractivity contribution in [3.8, 4) is 39.1 Å². The zero-order valence-electron chi connectivity index (χ0n) is 22.3. The molecule has 0 saturated carbocycles. The summed E-state index contributed by atoms with van der Waals surface area (Å²) in [4.78, 5) is 11.5. The monoisotopic (exact) mass is 490 g/mol. The van der Waals surface area contributed by atoms with Gasteiger partial charge in [-0.2, -0.15) is 0 Å². The average Bonchev–Trinajstić information content (AvgIpc) is 2.91. The Morgan fingerprint density at radius 1 is 0.676 bits per heavy atom. The Morgan fingerprint density at radius 2 is 1.30 bits per heavy atom. The molecule has 3 nitrogen and oxygen atoms in total. The van der Waals surface area contributed by atoms with Gasteiger partial charge in [0.2, 0.25) is 0 Å². The van der Waals surface area contributed by atoms with Crippen molar-refractivity contribution in [1.29, 1.82) is 0 Å². The van der Waals surface area contributed by atoms with E-state index in [-0.39, 0.29) is 16.4 Å². The van der Waals surface area contributed by atoms with Crippen LogP contribution in [0.4, 0.5) is 0 Å². The van der Waals surface area contributed by atoms with Gasteiger partial charge in [0.1, 0.15) is 5.75 Å². The number of carboxylic acid groups (broad SMARTS) is 1. The van der Waals surface area contributed by atoms with E-state index in [4.69, 9.17) is 4.74 Å². The van der Waals surface area contributed by atoms with Crippen LogP contribution in [0, 0.1) is 0 Å². The van der Waals surface area contributed by atoms with Gasteiger partial charge in [-0.1, -0.05) is 88.4 Å². The number of ether oxygens (including phenoxy) is 1. The summed E-state index contributed by atoms with van der Waals surface area (Å²) in [6, 6.07) is 29.0. The first-order valence-corrected chi connectivity index (χ1v) is 12.9. The number of methoxy groups -OCH3 is 1. The highest BCUT2D eigenvalue weighted by molar-refractivity contribution is 5.91. The first kappa shape index (κ1) is 24.8. The highest BCUT2D eigenvalue weighted by Crippen LogP contribution is 2.48. The van der Waals surface area contributed by atoms with Crippen LogP contribution in [-0.2, 0) is 10.8 Å². The highest BCUT2D eigenvalue weighted by atomic mass is 16.5. The largest absolute Gasteiger partial charge is 0.496 e. The van der Waals surface area contributed by atoms with E-state index >= 15 is 0 Å². The summed E-state index contributed by atoms with van der Waals surface area (Å²) < 4.78 is 5.61. The second-order valence-corrected chi connectivity index (χ2v) is 11.4. The van der Waals surface area contributed by atoms with Gasteiger partial charge in [0.05, 0.1) is 12.7 Å². The molecule has 1 aliphatic carbocycles. The van der Waals surface area contributed by atoms with E-state index in [0.717, 1.165) is 28.7 Å². The molecule has 1 aliphatic rings. The van der Waals surface area contributed by atoms with Gasteiger partial charge in [-0.15, -0.1) is 0 Å². The second kappa shape index (κ2) is 9.23. The van der Waals surface area contributed by atoms with E-state index in [0.29, 0.717) is 5.75 Å². The molecule has 3 heteroatoms. The zero-order valence-corrected chi connectivity index (χ0v) is 22.3. The van der Waals surface area contributed by atoms with Crippen molar-refractivity contribution in [1.82, 2.24) is 0 Å². The molecule has 0 atom stereocenters. The van der Waals surface area contributed by atoms with E-state index in [1.54, 1.807) is 19.2 Å². The molecule has 0 saturated heterocycles. The molecule has 4 aromatic carbocycles. The molecule has 0 radical (unpaired) electrons. The molecule has 0 amide bonds. The smallest absolute Gasteiger partial charge is 0.335 e. The molecule has 0 heterocycles. The predicted octanol–water partition coefficient (Wildman–Crippen LogP) is 8.74. The molecule has 5 rings (SSSR count). The van der Waals surface area contributed by atoms with Gasteiger partial charge in [-0.3, -0.25) is 0 Å². The maximum Gasteiger partial charge on any atom is 0.335 e. The maximum atomic E-state index is 11.5. The van der Waals surface area contributed by atoms with Crippen LogP contribution < -0.4 is 4.74 Å². The normalized spacial score (nSPS) is 15.6. The van der Waals surface area contributed by atoms with Crippen LogP contribution in [0.3, 0.4) is 0 Å². The number of rotatable bonds is 5. The molecule has 1 N–H and O–H groups in total. The minimum Gasteiger partial charge on any atom is -0.496 e. The Labute approximate surface area is 219 Å². The van der Waals surface area contributed by atoms with Crippen LogP contribution in [0.15, 0.2) is 84.9 Å². The van der Waals surface area contributed by atoms with Crippen LogP contribution in [-0.4, -0.2) is 18.2 Å². The van der Waals surface area contributed by atoms with Crippen LogP contribution in [0.1, 0.15) is 62.0 Å². The lowest BCUT2D eigenvalue weighted by Crippen LogP contribution is -2.33. The molecule has 0 aromatic heterocycles. The molecule has 188 valence electrons. The third-order valence-electron chi connectivity index (χ3n) is 8.03. The van der Waals surface area contributed by atoms with Gasteiger partial charge >= 0.3 is 5.97 Å². The lowest BCUT2D eigenvalue weighted by molar-refractivity contribution is 0.0696. The Kier molecular flexibility index (Phi) is 6.19. The summed E-state index contributed by atoms with van der Waals surface area (Å²) >= 11 is 0. The summed E-state index contributed by atoms with van der Waals surface area (Å²) in [6.07, 6.45) is 2.35. The fraction of sp³-hybridized carbons (Fsp3) is 0.265. The van der Waals surface area contributed by atoms with Crippen molar-refractivity contribution in [3.63, 3.8) is 0 Å². The molecule has 0 aliphatic heterocycles. The summed E-state index contributed by atoms with van der Waals surface area (Å²) in [5.74, 6) is -0.420. The van der Waals surface area contributed by atoms with E-state index in [2.05, 4.69) is 88.4 Å². The highest BCUT2D eigenvalue weighted by Gasteiger charge is 2.37. The Balaban J connectivity index is 1.73. The number of hydrogen-bond acceptors (Lipinski definition) is 2. The van der Waals surface area contributed by atoms with E-state index < -0.39 is 5.97 Å². The van der Waals surface area contributed by atoms with Gasteiger partial charge in [-0.05, 0) is 86.9 Å². The SMILES string of the molecule is COc1cc(C(=O)O)ccc1-c1ccc(-c2ccccc2)c(-c2ccc3c(c2)C(C)(C)CCC3(C)C)c1. The minimum atomic E-state index is -0.968. The van der Waals surface area contributed by atoms with Crippen molar-refractivity contribution in [2.24, 2.45) is 0 Å². The molecular weight excluding hydrogens is 456 g/mol. The van der Waals surface area contributed by atoms with E-state index in [1.807, 2.05) is 12.1 Å². The number of carbonyl (C=O) groups is 1. The van der Waals surface area contributed by atoms with Crippen molar-refractivity contribution < 1.29 is 14.6 Å². The van der Waals surface area contributed by atoms with Crippen molar-refractivity contribution in [2.45, 2.75) is 51.4 Å². The summed E-state index contributed by atoms with van der Waals surface area (Å²) in [5.41, 5.74) is 9.86. The van der Waals surface area contributed by atoms with Crippen molar-refractivity contribution >= 4 is 5.97 Å².